The van der Waals surface area contributed by atoms with Crippen LogP contribution >= 0.6 is 0 Å². The zero-order chi connectivity index (χ0) is 13.8. The summed E-state index contributed by atoms with van der Waals surface area (Å²) in [6.45, 7) is 0. The fourth-order valence-corrected chi connectivity index (χ4v) is 1.79. The molecular weight excluding hydrogens is 253 g/mol. The third-order valence-corrected chi connectivity index (χ3v) is 2.73. The third kappa shape index (κ3) is 3.44. The molecule has 0 aliphatic carbocycles. The van der Waals surface area contributed by atoms with E-state index in [2.05, 4.69) is 0 Å². The van der Waals surface area contributed by atoms with E-state index in [1.165, 1.54) is 36.4 Å². The van der Waals surface area contributed by atoms with Crippen LogP contribution in [0.4, 0.5) is 13.2 Å². The molecule has 0 aliphatic rings. The highest BCUT2D eigenvalue weighted by atomic mass is 19.2. The van der Waals surface area contributed by atoms with Crippen molar-refractivity contribution in [3.63, 3.8) is 0 Å². The second kappa shape index (κ2) is 5.69. The maximum atomic E-state index is 13.4. The van der Waals surface area contributed by atoms with Crippen LogP contribution < -0.4 is 0 Å². The Labute approximate surface area is 108 Å². The molecule has 0 heterocycles. The molecule has 98 valence electrons. The number of ketones is 1. The first-order valence-corrected chi connectivity index (χ1v) is 5.75. The summed E-state index contributed by atoms with van der Waals surface area (Å²) in [6.07, 6.45) is -0.114. The van der Waals surface area contributed by atoms with Crippen molar-refractivity contribution in [1.29, 1.82) is 0 Å². The predicted molar refractivity (Wildman–Crippen MR) is 65.2 cm³/mol. The van der Waals surface area contributed by atoms with Gasteiger partial charge in [-0.15, -0.1) is 0 Å². The monoisotopic (exact) mass is 264 g/mol. The summed E-state index contributed by atoms with van der Waals surface area (Å²) in [4.78, 5) is 11.7. The maximum absolute atomic E-state index is 13.4. The van der Waals surface area contributed by atoms with Crippen LogP contribution in [0.15, 0.2) is 42.5 Å². The predicted octanol–water partition coefficient (Wildman–Crippen LogP) is 3.46. The topological polar surface area (TPSA) is 17.1 Å². The SMILES string of the molecule is O=C(Cc1ccc(F)cc1)Cc1cccc(F)c1F. The van der Waals surface area contributed by atoms with Crippen molar-refractivity contribution >= 4 is 5.78 Å². The second-order valence-electron chi connectivity index (χ2n) is 4.23. The van der Waals surface area contributed by atoms with E-state index >= 15 is 0 Å². The van der Waals surface area contributed by atoms with Crippen molar-refractivity contribution in [2.75, 3.05) is 0 Å². The number of hydrogen-bond donors (Lipinski definition) is 0. The van der Waals surface area contributed by atoms with Gasteiger partial charge in [0.1, 0.15) is 11.6 Å². The molecule has 0 saturated carbocycles. The van der Waals surface area contributed by atoms with Crippen molar-refractivity contribution in [2.24, 2.45) is 0 Å². The minimum atomic E-state index is -0.991. The van der Waals surface area contributed by atoms with Gasteiger partial charge >= 0.3 is 0 Å². The molecule has 2 aromatic carbocycles. The van der Waals surface area contributed by atoms with Crippen LogP contribution in [0.3, 0.4) is 0 Å². The zero-order valence-corrected chi connectivity index (χ0v) is 10.00. The molecule has 0 saturated heterocycles. The lowest BCUT2D eigenvalue weighted by molar-refractivity contribution is -0.117. The lowest BCUT2D eigenvalue weighted by atomic mass is 10.0. The molecule has 4 heteroatoms. The Bertz CT molecular complexity index is 591. The fourth-order valence-electron chi connectivity index (χ4n) is 1.79. The third-order valence-electron chi connectivity index (χ3n) is 2.73. The number of carbonyl (C=O) groups is 1. The molecule has 2 rings (SSSR count). The van der Waals surface area contributed by atoms with Crippen molar-refractivity contribution in [3.05, 3.63) is 71.0 Å². The van der Waals surface area contributed by atoms with Crippen molar-refractivity contribution < 1.29 is 18.0 Å². The molecule has 0 aliphatic heterocycles. The van der Waals surface area contributed by atoms with Crippen molar-refractivity contribution in [3.8, 4) is 0 Å². The number of benzene rings is 2. The van der Waals surface area contributed by atoms with E-state index in [9.17, 15) is 18.0 Å². The highest BCUT2D eigenvalue weighted by molar-refractivity contribution is 5.83. The lowest BCUT2D eigenvalue weighted by Gasteiger charge is -2.04. The molecular formula is C15H11F3O. The molecule has 0 radical (unpaired) electrons. The van der Waals surface area contributed by atoms with Crippen LogP contribution in [-0.2, 0) is 17.6 Å². The Morgan fingerprint density at radius 1 is 0.895 bits per heavy atom. The van der Waals surface area contributed by atoms with Gasteiger partial charge in [0, 0.05) is 12.8 Å². The molecule has 0 unspecified atom stereocenters. The summed E-state index contributed by atoms with van der Waals surface area (Å²) in [7, 11) is 0. The van der Waals surface area contributed by atoms with Gasteiger partial charge in [-0.25, -0.2) is 13.2 Å². The Balaban J connectivity index is 2.05. The summed E-state index contributed by atoms with van der Waals surface area (Å²) >= 11 is 0. The Morgan fingerprint density at radius 2 is 1.58 bits per heavy atom. The van der Waals surface area contributed by atoms with Crippen LogP contribution in [0.5, 0.6) is 0 Å². The van der Waals surface area contributed by atoms with Gasteiger partial charge in [-0.2, -0.15) is 0 Å². The molecule has 0 amide bonds. The van der Waals surface area contributed by atoms with E-state index in [1.807, 2.05) is 0 Å². The van der Waals surface area contributed by atoms with Crippen LogP contribution in [0.25, 0.3) is 0 Å². The normalized spacial score (nSPS) is 10.5. The van der Waals surface area contributed by atoms with Gasteiger partial charge in [0.05, 0.1) is 0 Å². The zero-order valence-electron chi connectivity index (χ0n) is 10.00. The molecule has 19 heavy (non-hydrogen) atoms. The summed E-state index contributed by atoms with van der Waals surface area (Å²) in [6, 6.07) is 9.24. The molecule has 2 aromatic rings. The van der Waals surface area contributed by atoms with E-state index in [1.54, 1.807) is 0 Å². The van der Waals surface area contributed by atoms with E-state index in [0.717, 1.165) is 6.07 Å². The van der Waals surface area contributed by atoms with Gasteiger partial charge in [-0.1, -0.05) is 24.3 Å². The largest absolute Gasteiger partial charge is 0.299 e. The first-order valence-electron chi connectivity index (χ1n) is 5.75. The average molecular weight is 264 g/mol. The summed E-state index contributed by atoms with van der Waals surface area (Å²) in [5.74, 6) is -2.59. The number of rotatable bonds is 4. The molecule has 0 spiro atoms. The number of hydrogen-bond acceptors (Lipinski definition) is 1. The molecule has 0 aromatic heterocycles. The molecule has 1 nitrogen and oxygen atoms in total. The lowest BCUT2D eigenvalue weighted by Crippen LogP contribution is -2.08. The minimum Gasteiger partial charge on any atom is -0.299 e. The maximum Gasteiger partial charge on any atom is 0.162 e. The minimum absolute atomic E-state index is 0.0344. The highest BCUT2D eigenvalue weighted by Gasteiger charge is 2.12. The van der Waals surface area contributed by atoms with Gasteiger partial charge in [-0.05, 0) is 29.3 Å². The van der Waals surface area contributed by atoms with Crippen LogP contribution in [-0.4, -0.2) is 5.78 Å². The quantitative estimate of drug-likeness (QED) is 0.826. The summed E-state index contributed by atoms with van der Waals surface area (Å²) in [5.41, 5.74) is 0.676. The van der Waals surface area contributed by atoms with Crippen molar-refractivity contribution in [1.82, 2.24) is 0 Å². The second-order valence-corrected chi connectivity index (χ2v) is 4.23. The van der Waals surface area contributed by atoms with Crippen LogP contribution in [0.1, 0.15) is 11.1 Å². The first kappa shape index (κ1) is 13.3. The number of carbonyl (C=O) groups excluding carboxylic acids is 1. The van der Waals surface area contributed by atoms with E-state index < -0.39 is 11.6 Å². The molecule has 0 bridgehead atoms. The van der Waals surface area contributed by atoms with Gasteiger partial charge in [0.25, 0.3) is 0 Å². The van der Waals surface area contributed by atoms with Crippen LogP contribution in [0.2, 0.25) is 0 Å². The number of halogens is 3. The van der Waals surface area contributed by atoms with E-state index in [4.69, 9.17) is 0 Å². The van der Waals surface area contributed by atoms with Gasteiger partial charge in [-0.3, -0.25) is 4.79 Å². The Hall–Kier alpha value is -2.10. The molecule has 0 fully saturated rings. The van der Waals surface area contributed by atoms with E-state index in [0.29, 0.717) is 5.56 Å². The standard InChI is InChI=1S/C15H11F3O/c16-12-6-4-10(5-7-12)8-13(19)9-11-2-1-3-14(17)15(11)18/h1-7H,8-9H2. The van der Waals surface area contributed by atoms with Gasteiger partial charge in [0.15, 0.2) is 11.6 Å². The fraction of sp³-hybridized carbons (Fsp3) is 0.133. The van der Waals surface area contributed by atoms with Crippen molar-refractivity contribution in [2.45, 2.75) is 12.8 Å². The smallest absolute Gasteiger partial charge is 0.162 e. The molecule has 0 N–H and O–H groups in total. The summed E-state index contributed by atoms with van der Waals surface area (Å²) < 4.78 is 39.0. The Kier molecular flexibility index (Phi) is 4.00. The first-order chi connectivity index (χ1) is 9.06. The Morgan fingerprint density at radius 3 is 2.26 bits per heavy atom. The van der Waals surface area contributed by atoms with Crippen LogP contribution in [0, 0.1) is 17.5 Å². The summed E-state index contributed by atoms with van der Waals surface area (Å²) in [5, 5.41) is 0. The average Bonchev–Trinajstić information content (AvgIpc) is 2.38. The molecule has 0 atom stereocenters. The van der Waals surface area contributed by atoms with Gasteiger partial charge in [0.2, 0.25) is 0 Å². The van der Waals surface area contributed by atoms with E-state index in [-0.39, 0.29) is 30.0 Å². The highest BCUT2D eigenvalue weighted by Crippen LogP contribution is 2.13. The van der Waals surface area contributed by atoms with Gasteiger partial charge < -0.3 is 0 Å². The number of Topliss-reactive ketones (excluding diaryl/α,β-unsaturated/α-hetero) is 1.